The number of aliphatic hydroxyl groups is 1. The number of carbonyl (C=O) groups excluding carboxylic acids is 1. The van der Waals surface area contributed by atoms with Gasteiger partial charge in [-0.1, -0.05) is 13.3 Å². The number of hydrogen-bond acceptors (Lipinski definition) is 2. The second-order valence-corrected chi connectivity index (χ2v) is 4.35. The molecule has 0 aliphatic heterocycles. The van der Waals surface area contributed by atoms with Gasteiger partial charge in [0.2, 0.25) is 5.91 Å². The van der Waals surface area contributed by atoms with E-state index in [1.165, 1.54) is 0 Å². The number of amides is 1. The Labute approximate surface area is 85.9 Å². The SMILES string of the molecule is CCCCC(=O)NCC1(CCO)CC1. The first kappa shape index (κ1) is 11.5. The van der Waals surface area contributed by atoms with Crippen molar-refractivity contribution in [2.45, 2.75) is 45.4 Å². The molecular formula is C11H21NO2. The number of rotatable bonds is 7. The Morgan fingerprint density at radius 2 is 2.21 bits per heavy atom. The maximum atomic E-state index is 11.3. The van der Waals surface area contributed by atoms with Gasteiger partial charge in [0.15, 0.2) is 0 Å². The van der Waals surface area contributed by atoms with E-state index in [2.05, 4.69) is 12.2 Å². The van der Waals surface area contributed by atoms with E-state index >= 15 is 0 Å². The lowest BCUT2D eigenvalue weighted by Gasteiger charge is -2.14. The van der Waals surface area contributed by atoms with Gasteiger partial charge in [-0.05, 0) is 31.1 Å². The zero-order valence-corrected chi connectivity index (χ0v) is 9.01. The molecule has 0 aromatic heterocycles. The molecule has 82 valence electrons. The van der Waals surface area contributed by atoms with Crippen LogP contribution in [0.1, 0.15) is 45.4 Å². The van der Waals surface area contributed by atoms with Crippen molar-refractivity contribution in [2.24, 2.45) is 5.41 Å². The highest BCUT2D eigenvalue weighted by Gasteiger charge is 2.41. The number of unbranched alkanes of at least 4 members (excludes halogenated alkanes) is 1. The standard InChI is InChI=1S/C11H21NO2/c1-2-3-4-10(14)12-9-11(5-6-11)7-8-13/h13H,2-9H2,1H3,(H,12,14). The lowest BCUT2D eigenvalue weighted by molar-refractivity contribution is -0.121. The third-order valence-electron chi connectivity index (χ3n) is 3.02. The topological polar surface area (TPSA) is 49.3 Å². The van der Waals surface area contributed by atoms with Crippen LogP contribution in [0.15, 0.2) is 0 Å². The highest BCUT2D eigenvalue weighted by molar-refractivity contribution is 5.75. The Hall–Kier alpha value is -0.570. The average molecular weight is 199 g/mol. The maximum Gasteiger partial charge on any atom is 0.220 e. The Balaban J connectivity index is 2.10. The molecule has 1 amide bonds. The molecule has 14 heavy (non-hydrogen) atoms. The van der Waals surface area contributed by atoms with E-state index in [1.807, 2.05) is 0 Å². The lowest BCUT2D eigenvalue weighted by Crippen LogP contribution is -2.30. The van der Waals surface area contributed by atoms with Gasteiger partial charge in [-0.2, -0.15) is 0 Å². The average Bonchev–Trinajstić information content (AvgIpc) is 2.93. The highest BCUT2D eigenvalue weighted by atomic mass is 16.3. The Morgan fingerprint density at radius 1 is 1.50 bits per heavy atom. The number of carbonyl (C=O) groups is 1. The summed E-state index contributed by atoms with van der Waals surface area (Å²) in [4.78, 5) is 11.3. The molecule has 1 aliphatic rings. The van der Waals surface area contributed by atoms with Gasteiger partial charge >= 0.3 is 0 Å². The monoisotopic (exact) mass is 199 g/mol. The molecule has 0 spiro atoms. The molecule has 0 aromatic rings. The highest BCUT2D eigenvalue weighted by Crippen LogP contribution is 2.47. The summed E-state index contributed by atoms with van der Waals surface area (Å²) in [7, 11) is 0. The first-order valence-electron chi connectivity index (χ1n) is 5.60. The molecule has 2 N–H and O–H groups in total. The molecule has 0 unspecified atom stereocenters. The Morgan fingerprint density at radius 3 is 2.71 bits per heavy atom. The zero-order chi connectivity index (χ0) is 10.4. The van der Waals surface area contributed by atoms with E-state index in [9.17, 15) is 4.79 Å². The first-order valence-corrected chi connectivity index (χ1v) is 5.60. The Bertz CT molecular complexity index is 188. The van der Waals surface area contributed by atoms with Crippen LogP contribution in [0.25, 0.3) is 0 Å². The number of aliphatic hydroxyl groups excluding tert-OH is 1. The normalized spacial score (nSPS) is 17.9. The van der Waals surface area contributed by atoms with Crippen LogP contribution < -0.4 is 5.32 Å². The largest absolute Gasteiger partial charge is 0.396 e. The van der Waals surface area contributed by atoms with Crippen molar-refractivity contribution in [1.82, 2.24) is 5.32 Å². The molecule has 0 aromatic carbocycles. The maximum absolute atomic E-state index is 11.3. The Kier molecular flexibility index (Phi) is 4.39. The quantitative estimate of drug-likeness (QED) is 0.652. The van der Waals surface area contributed by atoms with Gasteiger partial charge in [0, 0.05) is 19.6 Å². The molecule has 0 saturated heterocycles. The van der Waals surface area contributed by atoms with E-state index in [-0.39, 0.29) is 17.9 Å². The zero-order valence-electron chi connectivity index (χ0n) is 9.01. The number of nitrogens with one attached hydrogen (secondary N) is 1. The van der Waals surface area contributed by atoms with Gasteiger partial charge in [-0.15, -0.1) is 0 Å². The van der Waals surface area contributed by atoms with Crippen molar-refractivity contribution >= 4 is 5.91 Å². The second kappa shape index (κ2) is 5.35. The minimum Gasteiger partial charge on any atom is -0.396 e. The van der Waals surface area contributed by atoms with Gasteiger partial charge in [0.25, 0.3) is 0 Å². The van der Waals surface area contributed by atoms with Gasteiger partial charge in [0.05, 0.1) is 0 Å². The predicted molar refractivity (Wildman–Crippen MR) is 55.9 cm³/mol. The minimum absolute atomic E-state index is 0.163. The van der Waals surface area contributed by atoms with Crippen LogP contribution in [0.4, 0.5) is 0 Å². The first-order chi connectivity index (χ1) is 6.72. The van der Waals surface area contributed by atoms with Gasteiger partial charge in [-0.3, -0.25) is 4.79 Å². The van der Waals surface area contributed by atoms with Crippen molar-refractivity contribution in [3.05, 3.63) is 0 Å². The van der Waals surface area contributed by atoms with Crippen molar-refractivity contribution in [2.75, 3.05) is 13.2 Å². The third-order valence-corrected chi connectivity index (χ3v) is 3.02. The van der Waals surface area contributed by atoms with E-state index in [0.717, 1.165) is 38.6 Å². The molecule has 1 saturated carbocycles. The van der Waals surface area contributed by atoms with Crippen molar-refractivity contribution in [3.8, 4) is 0 Å². The smallest absolute Gasteiger partial charge is 0.220 e. The van der Waals surface area contributed by atoms with E-state index in [1.54, 1.807) is 0 Å². The molecule has 0 heterocycles. The molecule has 1 rings (SSSR count). The van der Waals surface area contributed by atoms with Gasteiger partial charge in [-0.25, -0.2) is 0 Å². The molecule has 3 nitrogen and oxygen atoms in total. The molecule has 1 aliphatic carbocycles. The van der Waals surface area contributed by atoms with Crippen LogP contribution >= 0.6 is 0 Å². The van der Waals surface area contributed by atoms with Crippen LogP contribution in [0.5, 0.6) is 0 Å². The van der Waals surface area contributed by atoms with Gasteiger partial charge < -0.3 is 10.4 Å². The molecular weight excluding hydrogens is 178 g/mol. The number of hydrogen-bond donors (Lipinski definition) is 2. The predicted octanol–water partition coefficient (Wildman–Crippen LogP) is 1.46. The lowest BCUT2D eigenvalue weighted by atomic mass is 10.0. The molecule has 1 fully saturated rings. The summed E-state index contributed by atoms with van der Waals surface area (Å²) in [5, 5.41) is 11.8. The van der Waals surface area contributed by atoms with Crippen LogP contribution in [0, 0.1) is 5.41 Å². The summed E-state index contributed by atoms with van der Waals surface area (Å²) in [6.07, 6.45) is 5.82. The summed E-state index contributed by atoms with van der Waals surface area (Å²) in [5.74, 6) is 0.163. The molecule has 0 atom stereocenters. The van der Waals surface area contributed by atoms with E-state index in [0.29, 0.717) is 6.42 Å². The van der Waals surface area contributed by atoms with E-state index in [4.69, 9.17) is 5.11 Å². The fraction of sp³-hybridized carbons (Fsp3) is 0.909. The van der Waals surface area contributed by atoms with Crippen LogP contribution in [-0.4, -0.2) is 24.2 Å². The second-order valence-electron chi connectivity index (χ2n) is 4.35. The molecule has 0 radical (unpaired) electrons. The van der Waals surface area contributed by atoms with Crippen molar-refractivity contribution in [3.63, 3.8) is 0 Å². The minimum atomic E-state index is 0.163. The van der Waals surface area contributed by atoms with E-state index < -0.39 is 0 Å². The van der Waals surface area contributed by atoms with Gasteiger partial charge in [0.1, 0.15) is 0 Å². The van der Waals surface area contributed by atoms with Crippen LogP contribution in [-0.2, 0) is 4.79 Å². The molecule has 0 bridgehead atoms. The summed E-state index contributed by atoms with van der Waals surface area (Å²) < 4.78 is 0. The van der Waals surface area contributed by atoms with Crippen LogP contribution in [0.2, 0.25) is 0 Å². The third kappa shape index (κ3) is 3.66. The summed E-state index contributed by atoms with van der Waals surface area (Å²) in [6, 6.07) is 0. The fourth-order valence-corrected chi connectivity index (χ4v) is 1.64. The molecule has 3 heteroatoms. The summed E-state index contributed by atoms with van der Waals surface area (Å²) in [5.41, 5.74) is 0.247. The van der Waals surface area contributed by atoms with Crippen molar-refractivity contribution < 1.29 is 9.90 Å². The van der Waals surface area contributed by atoms with Crippen LogP contribution in [0.3, 0.4) is 0 Å². The summed E-state index contributed by atoms with van der Waals surface area (Å²) in [6.45, 7) is 3.09. The van der Waals surface area contributed by atoms with Crippen molar-refractivity contribution in [1.29, 1.82) is 0 Å². The summed E-state index contributed by atoms with van der Waals surface area (Å²) >= 11 is 0. The fourth-order valence-electron chi connectivity index (χ4n) is 1.64.